The van der Waals surface area contributed by atoms with E-state index in [1.807, 2.05) is 24.3 Å². The van der Waals surface area contributed by atoms with E-state index in [2.05, 4.69) is 5.10 Å². The number of likely N-dealkylation sites (tertiary alicyclic amines) is 1. The zero-order valence-electron chi connectivity index (χ0n) is 16.5. The summed E-state index contributed by atoms with van der Waals surface area (Å²) in [6.45, 7) is 1.94. The highest BCUT2D eigenvalue weighted by molar-refractivity contribution is 6.12. The van der Waals surface area contributed by atoms with Gasteiger partial charge < -0.3 is 0 Å². The van der Waals surface area contributed by atoms with Crippen LogP contribution in [-0.4, -0.2) is 51.2 Å². The van der Waals surface area contributed by atoms with Crippen LogP contribution in [-0.2, 0) is 9.59 Å². The van der Waals surface area contributed by atoms with E-state index < -0.39 is 40.5 Å². The number of rotatable bonds is 4. The molecular formula is C22H18N4O5. The number of nitro benzene ring substituents is 1. The number of Topliss-reactive ketones (excluding diaryl/α,β-unsaturated/α-hetero) is 1. The van der Waals surface area contributed by atoms with Gasteiger partial charge in [0.15, 0.2) is 5.78 Å². The number of hydrazone groups is 1. The predicted molar refractivity (Wildman–Crippen MR) is 109 cm³/mol. The normalized spacial score (nSPS) is 26.0. The molecule has 0 radical (unpaired) electrons. The summed E-state index contributed by atoms with van der Waals surface area (Å²) in [6, 6.07) is 11.3. The fraction of sp³-hybridized carbons (Fsp3) is 0.273. The van der Waals surface area contributed by atoms with Crippen LogP contribution in [0.5, 0.6) is 0 Å². The van der Waals surface area contributed by atoms with Gasteiger partial charge in [0, 0.05) is 24.2 Å². The van der Waals surface area contributed by atoms with Crippen molar-refractivity contribution in [3.8, 4) is 0 Å². The molecule has 9 nitrogen and oxygen atoms in total. The third kappa shape index (κ3) is 2.62. The van der Waals surface area contributed by atoms with Gasteiger partial charge in [-0.25, -0.2) is 0 Å². The van der Waals surface area contributed by atoms with Gasteiger partial charge in [0.25, 0.3) is 5.69 Å². The summed E-state index contributed by atoms with van der Waals surface area (Å²) in [6.07, 6.45) is 1.62. The van der Waals surface area contributed by atoms with Gasteiger partial charge in [0.1, 0.15) is 6.04 Å². The standard InChI is InChI=1S/C22H18N4O5/c1-2-24-21(28)16-17(22(24)29)19(20(27)12-7-5-8-14(10-12)26(30)31)25-18(16)15-9-4-3-6-13(15)11-23-25/h3-11,16-19H,2H2,1H3/t16-,17+,18-,19-/m0/s1. The molecule has 0 N–H and O–H groups in total. The summed E-state index contributed by atoms with van der Waals surface area (Å²) in [5.74, 6) is -2.81. The number of ketones is 1. The Morgan fingerprint density at radius 2 is 1.84 bits per heavy atom. The third-order valence-electron chi connectivity index (χ3n) is 6.31. The van der Waals surface area contributed by atoms with Gasteiger partial charge in [-0.2, -0.15) is 5.10 Å². The molecule has 2 aromatic carbocycles. The highest BCUT2D eigenvalue weighted by Gasteiger charge is 2.64. The second kappa shape index (κ2) is 6.83. The molecule has 31 heavy (non-hydrogen) atoms. The highest BCUT2D eigenvalue weighted by atomic mass is 16.6. The van der Waals surface area contributed by atoms with Gasteiger partial charge in [0.2, 0.25) is 11.8 Å². The number of carbonyl (C=O) groups excluding carboxylic acids is 3. The Kier molecular flexibility index (Phi) is 4.21. The van der Waals surface area contributed by atoms with Crippen LogP contribution in [0.4, 0.5) is 5.69 Å². The number of hydrogen-bond acceptors (Lipinski definition) is 7. The topological polar surface area (TPSA) is 113 Å². The van der Waals surface area contributed by atoms with Crippen molar-refractivity contribution in [2.45, 2.75) is 19.0 Å². The van der Waals surface area contributed by atoms with Crippen molar-refractivity contribution in [2.75, 3.05) is 6.54 Å². The van der Waals surface area contributed by atoms with Crippen LogP contribution in [0, 0.1) is 22.0 Å². The quantitative estimate of drug-likeness (QED) is 0.325. The Bertz CT molecular complexity index is 1180. The lowest BCUT2D eigenvalue weighted by atomic mass is 9.83. The van der Waals surface area contributed by atoms with Crippen LogP contribution in [0.25, 0.3) is 0 Å². The second-order valence-corrected chi connectivity index (χ2v) is 7.79. The molecule has 9 heteroatoms. The molecular weight excluding hydrogens is 400 g/mol. The predicted octanol–water partition coefficient (Wildman–Crippen LogP) is 2.17. The molecule has 4 atom stereocenters. The maximum absolute atomic E-state index is 13.6. The maximum atomic E-state index is 13.6. The van der Waals surface area contributed by atoms with Gasteiger partial charge in [-0.3, -0.25) is 34.4 Å². The Balaban J connectivity index is 1.64. The lowest BCUT2D eigenvalue weighted by Crippen LogP contribution is -2.44. The monoisotopic (exact) mass is 418 g/mol. The first-order valence-corrected chi connectivity index (χ1v) is 9.99. The number of amides is 2. The molecule has 156 valence electrons. The van der Waals surface area contributed by atoms with Crippen molar-refractivity contribution in [1.29, 1.82) is 0 Å². The fourth-order valence-electron chi connectivity index (χ4n) is 4.99. The highest BCUT2D eigenvalue weighted by Crippen LogP contribution is 2.52. The van der Waals surface area contributed by atoms with Crippen molar-refractivity contribution in [3.05, 3.63) is 75.3 Å². The van der Waals surface area contributed by atoms with Crippen molar-refractivity contribution in [3.63, 3.8) is 0 Å². The van der Waals surface area contributed by atoms with Crippen LogP contribution >= 0.6 is 0 Å². The fourth-order valence-corrected chi connectivity index (χ4v) is 4.99. The minimum absolute atomic E-state index is 0.114. The molecule has 3 aliphatic heterocycles. The molecule has 2 fully saturated rings. The molecule has 2 saturated heterocycles. The molecule has 0 saturated carbocycles. The molecule has 0 aromatic heterocycles. The number of hydrogen-bond donors (Lipinski definition) is 0. The minimum atomic E-state index is -1.02. The summed E-state index contributed by atoms with van der Waals surface area (Å²) in [5, 5.41) is 17.2. The zero-order chi connectivity index (χ0) is 21.9. The molecule has 0 aliphatic carbocycles. The van der Waals surface area contributed by atoms with Crippen LogP contribution < -0.4 is 0 Å². The smallest absolute Gasteiger partial charge is 0.270 e. The zero-order valence-corrected chi connectivity index (χ0v) is 16.5. The average molecular weight is 418 g/mol. The van der Waals surface area contributed by atoms with E-state index in [0.29, 0.717) is 0 Å². The molecule has 3 aliphatic rings. The average Bonchev–Trinajstić information content (AvgIpc) is 3.25. The summed E-state index contributed by atoms with van der Waals surface area (Å²) in [7, 11) is 0. The Morgan fingerprint density at radius 1 is 1.10 bits per heavy atom. The van der Waals surface area contributed by atoms with E-state index in [1.54, 1.807) is 18.1 Å². The summed E-state index contributed by atoms with van der Waals surface area (Å²) in [5.41, 5.74) is 1.57. The Hall–Kier alpha value is -3.88. The van der Waals surface area contributed by atoms with E-state index in [0.717, 1.165) is 11.1 Å². The van der Waals surface area contributed by atoms with Crippen LogP contribution in [0.2, 0.25) is 0 Å². The number of nitro groups is 1. The molecule has 3 heterocycles. The van der Waals surface area contributed by atoms with Crippen molar-refractivity contribution in [1.82, 2.24) is 9.91 Å². The van der Waals surface area contributed by atoms with Crippen molar-refractivity contribution < 1.29 is 19.3 Å². The largest absolute Gasteiger partial charge is 0.292 e. The Morgan fingerprint density at radius 3 is 2.58 bits per heavy atom. The van der Waals surface area contributed by atoms with Crippen LogP contribution in [0.1, 0.15) is 34.5 Å². The number of nitrogens with zero attached hydrogens (tertiary/aromatic N) is 4. The summed E-state index contributed by atoms with van der Waals surface area (Å²) >= 11 is 0. The molecule has 5 rings (SSSR count). The molecule has 2 amide bonds. The number of fused-ring (bicyclic) bond motifs is 5. The SMILES string of the molecule is CCN1C(=O)[C@@H]2[C@H](C1=O)[C@@H]1c3ccccc3C=NN1[C@@H]2C(=O)c1cccc([N+](=O)[O-])c1. The second-order valence-electron chi connectivity index (χ2n) is 7.79. The van der Waals surface area contributed by atoms with E-state index >= 15 is 0 Å². The van der Waals surface area contributed by atoms with E-state index in [-0.39, 0.29) is 23.7 Å². The number of benzene rings is 2. The lowest BCUT2D eigenvalue weighted by molar-refractivity contribution is -0.384. The van der Waals surface area contributed by atoms with Crippen molar-refractivity contribution >= 4 is 29.5 Å². The molecule has 2 aromatic rings. The molecule has 0 unspecified atom stereocenters. The van der Waals surface area contributed by atoms with Gasteiger partial charge in [0.05, 0.1) is 29.0 Å². The summed E-state index contributed by atoms with van der Waals surface area (Å²) in [4.78, 5) is 51.7. The summed E-state index contributed by atoms with van der Waals surface area (Å²) < 4.78 is 0. The van der Waals surface area contributed by atoms with E-state index in [9.17, 15) is 24.5 Å². The number of non-ortho nitro benzene ring substituents is 1. The lowest BCUT2D eigenvalue weighted by Gasteiger charge is -2.33. The first-order chi connectivity index (χ1) is 14.9. The van der Waals surface area contributed by atoms with E-state index in [4.69, 9.17) is 0 Å². The minimum Gasteiger partial charge on any atom is -0.292 e. The first kappa shape index (κ1) is 19.1. The van der Waals surface area contributed by atoms with Crippen LogP contribution in [0.15, 0.2) is 53.6 Å². The van der Waals surface area contributed by atoms with Gasteiger partial charge in [-0.1, -0.05) is 36.4 Å². The molecule has 0 bridgehead atoms. The van der Waals surface area contributed by atoms with E-state index in [1.165, 1.54) is 29.2 Å². The Labute approximate surface area is 177 Å². The number of carbonyl (C=O) groups is 3. The van der Waals surface area contributed by atoms with Crippen molar-refractivity contribution in [2.24, 2.45) is 16.9 Å². The number of imide groups is 1. The van der Waals surface area contributed by atoms with Gasteiger partial charge in [-0.05, 0) is 18.1 Å². The van der Waals surface area contributed by atoms with Gasteiger partial charge in [-0.15, -0.1) is 0 Å². The first-order valence-electron chi connectivity index (χ1n) is 9.99. The maximum Gasteiger partial charge on any atom is 0.270 e. The third-order valence-corrected chi connectivity index (χ3v) is 6.31. The van der Waals surface area contributed by atoms with Gasteiger partial charge >= 0.3 is 0 Å². The molecule has 0 spiro atoms. The van der Waals surface area contributed by atoms with Crippen LogP contribution in [0.3, 0.4) is 0 Å².